The fraction of sp³-hybridized carbons (Fsp3) is 0.167. The van der Waals surface area contributed by atoms with Crippen LogP contribution < -0.4 is 10.3 Å². The lowest BCUT2D eigenvalue weighted by atomic mass is 10.2. The van der Waals surface area contributed by atoms with E-state index in [9.17, 15) is 4.79 Å². The number of benzene rings is 1. The normalized spacial score (nSPS) is 10.7. The summed E-state index contributed by atoms with van der Waals surface area (Å²) >= 11 is 0. The number of aromatic amines is 1. The van der Waals surface area contributed by atoms with Crippen LogP contribution in [0.15, 0.2) is 41.7 Å². The van der Waals surface area contributed by atoms with Crippen LogP contribution in [0.4, 0.5) is 0 Å². The molecular weight excluding hydrogens is 246 g/mol. The number of nitrogens with one attached hydrogen (secondary N) is 1. The van der Waals surface area contributed by atoms with Gasteiger partial charge in [-0.15, -0.1) is 0 Å². The molecule has 0 aliphatic heterocycles. The SMILES string of the molecule is O=c1[nH]c(OCCn2cncn2)nc2ccccc12. The van der Waals surface area contributed by atoms with Crippen LogP contribution >= 0.6 is 0 Å². The van der Waals surface area contributed by atoms with Gasteiger partial charge in [0.2, 0.25) is 0 Å². The second kappa shape index (κ2) is 4.89. The van der Waals surface area contributed by atoms with Gasteiger partial charge in [0.15, 0.2) is 0 Å². The van der Waals surface area contributed by atoms with Crippen molar-refractivity contribution >= 4 is 10.9 Å². The third kappa shape index (κ3) is 2.44. The molecule has 0 unspecified atom stereocenters. The van der Waals surface area contributed by atoms with Gasteiger partial charge in [0.25, 0.3) is 11.6 Å². The molecular formula is C12H11N5O2. The molecule has 7 heteroatoms. The first-order chi connectivity index (χ1) is 9.33. The molecule has 0 aliphatic rings. The van der Waals surface area contributed by atoms with Gasteiger partial charge in [0.1, 0.15) is 19.3 Å². The molecule has 96 valence electrons. The summed E-state index contributed by atoms with van der Waals surface area (Å²) in [6, 6.07) is 7.33. The predicted molar refractivity (Wildman–Crippen MR) is 67.9 cm³/mol. The van der Waals surface area contributed by atoms with Crippen molar-refractivity contribution in [3.05, 3.63) is 47.3 Å². The molecule has 2 heterocycles. The van der Waals surface area contributed by atoms with Gasteiger partial charge in [0, 0.05) is 0 Å². The third-order valence-electron chi connectivity index (χ3n) is 2.62. The Morgan fingerprint density at radius 2 is 2.21 bits per heavy atom. The van der Waals surface area contributed by atoms with Crippen molar-refractivity contribution in [2.75, 3.05) is 6.61 Å². The Morgan fingerprint density at radius 3 is 3.05 bits per heavy atom. The maximum atomic E-state index is 11.8. The van der Waals surface area contributed by atoms with Crippen LogP contribution in [-0.4, -0.2) is 31.3 Å². The summed E-state index contributed by atoms with van der Waals surface area (Å²) in [5.41, 5.74) is 0.406. The zero-order valence-electron chi connectivity index (χ0n) is 9.98. The maximum absolute atomic E-state index is 11.8. The molecule has 1 aromatic carbocycles. The van der Waals surface area contributed by atoms with Crippen LogP contribution in [-0.2, 0) is 6.54 Å². The van der Waals surface area contributed by atoms with Crippen LogP contribution in [0.5, 0.6) is 6.01 Å². The van der Waals surface area contributed by atoms with Gasteiger partial charge < -0.3 is 4.74 Å². The predicted octanol–water partition coefficient (Wildman–Crippen LogP) is 0.594. The van der Waals surface area contributed by atoms with E-state index in [1.807, 2.05) is 6.07 Å². The smallest absolute Gasteiger partial charge is 0.297 e. The van der Waals surface area contributed by atoms with E-state index >= 15 is 0 Å². The van der Waals surface area contributed by atoms with E-state index < -0.39 is 0 Å². The number of rotatable bonds is 4. The van der Waals surface area contributed by atoms with Crippen molar-refractivity contribution in [3.8, 4) is 6.01 Å². The van der Waals surface area contributed by atoms with E-state index in [0.717, 1.165) is 0 Å². The summed E-state index contributed by atoms with van der Waals surface area (Å²) in [5, 5.41) is 4.50. The number of fused-ring (bicyclic) bond motifs is 1. The van der Waals surface area contributed by atoms with Crippen LogP contribution in [0.2, 0.25) is 0 Å². The van der Waals surface area contributed by atoms with Crippen LogP contribution in [0.3, 0.4) is 0 Å². The molecule has 1 N–H and O–H groups in total. The van der Waals surface area contributed by atoms with E-state index in [-0.39, 0.29) is 11.6 Å². The van der Waals surface area contributed by atoms with E-state index in [1.165, 1.54) is 6.33 Å². The Morgan fingerprint density at radius 1 is 1.32 bits per heavy atom. The number of nitrogens with zero attached hydrogens (tertiary/aromatic N) is 4. The van der Waals surface area contributed by atoms with E-state index in [0.29, 0.717) is 24.1 Å². The number of ether oxygens (including phenoxy) is 1. The van der Waals surface area contributed by atoms with Crippen LogP contribution in [0.25, 0.3) is 10.9 Å². The molecule has 0 fully saturated rings. The fourth-order valence-electron chi connectivity index (χ4n) is 1.72. The molecule has 3 aromatic rings. The zero-order valence-corrected chi connectivity index (χ0v) is 9.98. The lowest BCUT2D eigenvalue weighted by Crippen LogP contribution is -2.14. The van der Waals surface area contributed by atoms with Crippen LogP contribution in [0.1, 0.15) is 0 Å². The monoisotopic (exact) mass is 257 g/mol. The van der Waals surface area contributed by atoms with Crippen molar-refractivity contribution in [2.45, 2.75) is 6.54 Å². The van der Waals surface area contributed by atoms with Gasteiger partial charge in [-0.05, 0) is 12.1 Å². The Kier molecular flexibility index (Phi) is 2.93. The van der Waals surface area contributed by atoms with Gasteiger partial charge in [-0.25, -0.2) is 9.67 Å². The van der Waals surface area contributed by atoms with E-state index in [2.05, 4.69) is 20.1 Å². The Bertz CT molecular complexity index is 735. The molecule has 0 bridgehead atoms. The Labute approximate surface area is 107 Å². The van der Waals surface area contributed by atoms with Gasteiger partial charge >= 0.3 is 0 Å². The highest BCUT2D eigenvalue weighted by Gasteiger charge is 2.03. The van der Waals surface area contributed by atoms with Gasteiger partial charge in [-0.2, -0.15) is 10.1 Å². The van der Waals surface area contributed by atoms with E-state index in [4.69, 9.17) is 4.74 Å². The average Bonchev–Trinajstić information content (AvgIpc) is 2.92. The molecule has 0 spiro atoms. The number of hydrogen-bond donors (Lipinski definition) is 1. The van der Waals surface area contributed by atoms with Gasteiger partial charge in [0.05, 0.1) is 17.4 Å². The lowest BCUT2D eigenvalue weighted by molar-refractivity contribution is 0.270. The average molecular weight is 257 g/mol. The fourth-order valence-corrected chi connectivity index (χ4v) is 1.72. The summed E-state index contributed by atoms with van der Waals surface area (Å²) in [4.78, 5) is 22.4. The number of aromatic nitrogens is 5. The zero-order chi connectivity index (χ0) is 13.1. The largest absolute Gasteiger partial charge is 0.463 e. The third-order valence-corrected chi connectivity index (χ3v) is 2.62. The minimum absolute atomic E-state index is 0.207. The quantitative estimate of drug-likeness (QED) is 0.739. The highest BCUT2D eigenvalue weighted by atomic mass is 16.5. The number of hydrogen-bond acceptors (Lipinski definition) is 5. The molecule has 0 amide bonds. The second-order valence-electron chi connectivity index (χ2n) is 3.90. The molecule has 0 saturated heterocycles. The molecule has 7 nitrogen and oxygen atoms in total. The highest BCUT2D eigenvalue weighted by molar-refractivity contribution is 5.77. The molecule has 2 aromatic heterocycles. The first-order valence-electron chi connectivity index (χ1n) is 5.77. The minimum Gasteiger partial charge on any atom is -0.463 e. The Hall–Kier alpha value is -2.70. The molecule has 19 heavy (non-hydrogen) atoms. The number of H-pyrrole nitrogens is 1. The summed E-state index contributed by atoms with van der Waals surface area (Å²) in [7, 11) is 0. The summed E-state index contributed by atoms with van der Waals surface area (Å²) in [5.74, 6) is 0. The maximum Gasteiger partial charge on any atom is 0.297 e. The summed E-state index contributed by atoms with van der Waals surface area (Å²) < 4.78 is 7.05. The molecule has 0 atom stereocenters. The molecule has 0 aliphatic carbocycles. The highest BCUT2D eigenvalue weighted by Crippen LogP contribution is 2.08. The number of para-hydroxylation sites is 1. The second-order valence-corrected chi connectivity index (χ2v) is 3.90. The molecule has 0 saturated carbocycles. The van der Waals surface area contributed by atoms with Crippen molar-refractivity contribution in [1.82, 2.24) is 24.7 Å². The van der Waals surface area contributed by atoms with Crippen molar-refractivity contribution < 1.29 is 4.74 Å². The van der Waals surface area contributed by atoms with Gasteiger partial charge in [-0.3, -0.25) is 9.78 Å². The topological polar surface area (TPSA) is 85.7 Å². The minimum atomic E-state index is -0.207. The van der Waals surface area contributed by atoms with Crippen molar-refractivity contribution in [3.63, 3.8) is 0 Å². The van der Waals surface area contributed by atoms with E-state index in [1.54, 1.807) is 29.2 Å². The van der Waals surface area contributed by atoms with Gasteiger partial charge in [-0.1, -0.05) is 12.1 Å². The summed E-state index contributed by atoms with van der Waals surface area (Å²) in [6.07, 6.45) is 3.05. The molecule has 0 radical (unpaired) electrons. The standard InChI is InChI=1S/C12H11N5O2/c18-11-9-3-1-2-4-10(9)15-12(16-11)19-6-5-17-8-13-7-14-17/h1-4,7-8H,5-6H2,(H,15,16,18). The first-order valence-corrected chi connectivity index (χ1v) is 5.77. The lowest BCUT2D eigenvalue weighted by Gasteiger charge is -2.05. The first kappa shape index (κ1) is 11.4. The van der Waals surface area contributed by atoms with Crippen LogP contribution in [0, 0.1) is 0 Å². The van der Waals surface area contributed by atoms with Crippen molar-refractivity contribution in [1.29, 1.82) is 0 Å². The summed E-state index contributed by atoms with van der Waals surface area (Å²) in [6.45, 7) is 0.890. The van der Waals surface area contributed by atoms with Crippen molar-refractivity contribution in [2.24, 2.45) is 0 Å². The Balaban J connectivity index is 1.76. The molecule has 3 rings (SSSR count).